The third-order valence-electron chi connectivity index (χ3n) is 3.74. The van der Waals surface area contributed by atoms with Crippen LogP contribution in [-0.2, 0) is 0 Å². The van der Waals surface area contributed by atoms with E-state index in [9.17, 15) is 9.18 Å². The highest BCUT2D eigenvalue weighted by Crippen LogP contribution is 2.25. The van der Waals surface area contributed by atoms with Crippen molar-refractivity contribution in [1.29, 1.82) is 0 Å². The number of aryl methyl sites for hydroxylation is 1. The molecule has 130 valence electrons. The van der Waals surface area contributed by atoms with E-state index in [-0.39, 0.29) is 17.0 Å². The predicted molar refractivity (Wildman–Crippen MR) is 100 cm³/mol. The maximum atomic E-state index is 14.8. The molecule has 25 heavy (non-hydrogen) atoms. The molecule has 0 unspecified atom stereocenters. The molecule has 5 nitrogen and oxygen atoms in total. The van der Waals surface area contributed by atoms with E-state index in [2.05, 4.69) is 19.4 Å². The summed E-state index contributed by atoms with van der Waals surface area (Å²) in [6.07, 6.45) is 4.28. The summed E-state index contributed by atoms with van der Waals surface area (Å²) in [6.45, 7) is 4.75. The number of carbonyl (C=O) groups is 1. The van der Waals surface area contributed by atoms with Gasteiger partial charge in [-0.15, -0.1) is 0 Å². The number of benzene rings is 1. The average Bonchev–Trinajstić information content (AvgIpc) is 3.02. The molecule has 2 aromatic heterocycles. The topological polar surface area (TPSA) is 69.8 Å². The molecule has 0 spiro atoms. The summed E-state index contributed by atoms with van der Waals surface area (Å²) in [7, 11) is 0. The Morgan fingerprint density at radius 2 is 2.20 bits per heavy atom. The second kappa shape index (κ2) is 7.67. The molecular weight excluding hydrogens is 339 g/mol. The number of aromatic amines is 1. The zero-order valence-corrected chi connectivity index (χ0v) is 14.8. The van der Waals surface area contributed by atoms with Crippen LogP contribution in [0.15, 0.2) is 36.7 Å². The van der Waals surface area contributed by atoms with E-state index in [1.165, 1.54) is 18.2 Å². The molecule has 3 rings (SSSR count). The van der Waals surface area contributed by atoms with Gasteiger partial charge in [-0.05, 0) is 37.1 Å². The number of aromatic nitrogens is 2. The minimum absolute atomic E-state index is 0.0310. The minimum Gasteiger partial charge on any atom is -0.345 e. The van der Waals surface area contributed by atoms with Crippen LogP contribution in [0.4, 0.5) is 10.1 Å². The number of ketones is 1. The maximum absolute atomic E-state index is 14.8. The molecular formula is C18H19FN4OS. The van der Waals surface area contributed by atoms with Crippen molar-refractivity contribution in [2.24, 2.45) is 0 Å². The van der Waals surface area contributed by atoms with Gasteiger partial charge in [0.05, 0.1) is 11.3 Å². The molecule has 0 saturated carbocycles. The summed E-state index contributed by atoms with van der Waals surface area (Å²) in [5.74, 6) is -0.931. The third kappa shape index (κ3) is 3.67. The first-order valence-corrected chi connectivity index (χ1v) is 8.85. The van der Waals surface area contributed by atoms with Crippen molar-refractivity contribution in [1.82, 2.24) is 14.7 Å². The predicted octanol–water partition coefficient (Wildman–Crippen LogP) is 4.22. The molecule has 0 amide bonds. The normalized spacial score (nSPS) is 11.0. The monoisotopic (exact) mass is 358 g/mol. The standard InChI is InChI=1S/C18H19FN4OS/c1-3-7-22-25-23-15-6-4-5-12(16(15)19)17(24)14-10-21-18-13(14)8-11(2)9-20-18/h4-6,8-10,22-23H,3,7H2,1-2H3,(H,20,21). The van der Waals surface area contributed by atoms with Crippen molar-refractivity contribution in [3.63, 3.8) is 0 Å². The van der Waals surface area contributed by atoms with Crippen LogP contribution in [0, 0.1) is 12.7 Å². The van der Waals surface area contributed by atoms with Crippen LogP contribution in [0.25, 0.3) is 11.0 Å². The van der Waals surface area contributed by atoms with Gasteiger partial charge in [-0.3, -0.25) is 4.79 Å². The summed E-state index contributed by atoms with van der Waals surface area (Å²) in [5.41, 5.74) is 2.27. The average molecular weight is 358 g/mol. The summed E-state index contributed by atoms with van der Waals surface area (Å²) in [6, 6.07) is 6.64. The second-order valence-corrected chi connectivity index (χ2v) is 6.40. The number of pyridine rings is 1. The Morgan fingerprint density at radius 1 is 1.36 bits per heavy atom. The van der Waals surface area contributed by atoms with Crippen molar-refractivity contribution < 1.29 is 9.18 Å². The highest BCUT2D eigenvalue weighted by Gasteiger charge is 2.20. The molecule has 0 aliphatic rings. The first kappa shape index (κ1) is 17.4. The van der Waals surface area contributed by atoms with Gasteiger partial charge in [0.1, 0.15) is 5.65 Å². The first-order valence-electron chi connectivity index (χ1n) is 8.03. The van der Waals surface area contributed by atoms with Crippen LogP contribution in [0.2, 0.25) is 0 Å². The Kier molecular flexibility index (Phi) is 5.35. The minimum atomic E-state index is -0.562. The Hall–Kier alpha value is -2.38. The second-order valence-electron chi connectivity index (χ2n) is 5.71. The van der Waals surface area contributed by atoms with Crippen LogP contribution < -0.4 is 9.44 Å². The van der Waals surface area contributed by atoms with Gasteiger partial charge in [0, 0.05) is 42.0 Å². The molecule has 3 aromatic rings. The molecule has 0 fully saturated rings. The number of nitrogens with zero attached hydrogens (tertiary/aromatic N) is 1. The van der Waals surface area contributed by atoms with Crippen LogP contribution in [0.1, 0.15) is 34.8 Å². The van der Waals surface area contributed by atoms with Gasteiger partial charge in [-0.25, -0.2) is 14.1 Å². The largest absolute Gasteiger partial charge is 0.345 e. The number of H-pyrrole nitrogens is 1. The molecule has 0 radical (unpaired) electrons. The number of hydrogen-bond donors (Lipinski definition) is 3. The third-order valence-corrected chi connectivity index (χ3v) is 4.41. The van der Waals surface area contributed by atoms with Gasteiger partial charge in [0.25, 0.3) is 0 Å². The summed E-state index contributed by atoms with van der Waals surface area (Å²) >= 11 is 1.20. The smallest absolute Gasteiger partial charge is 0.198 e. The molecule has 7 heteroatoms. The molecule has 2 heterocycles. The fraction of sp³-hybridized carbons (Fsp3) is 0.222. The number of hydrogen-bond acceptors (Lipinski definition) is 5. The Morgan fingerprint density at radius 3 is 3.00 bits per heavy atom. The molecule has 1 aromatic carbocycles. The van der Waals surface area contributed by atoms with E-state index in [1.54, 1.807) is 24.5 Å². The molecule has 0 aliphatic carbocycles. The first-order chi connectivity index (χ1) is 12.1. The van der Waals surface area contributed by atoms with Crippen LogP contribution in [0.3, 0.4) is 0 Å². The Balaban J connectivity index is 1.90. The van der Waals surface area contributed by atoms with Gasteiger partial charge < -0.3 is 9.71 Å². The van der Waals surface area contributed by atoms with Crippen molar-refractivity contribution in [2.75, 3.05) is 11.3 Å². The lowest BCUT2D eigenvalue weighted by atomic mass is 10.0. The zero-order chi connectivity index (χ0) is 17.8. The molecule has 0 aliphatic heterocycles. The van der Waals surface area contributed by atoms with Crippen LogP contribution >= 0.6 is 12.1 Å². The number of anilines is 1. The van der Waals surface area contributed by atoms with Gasteiger partial charge in [0.15, 0.2) is 11.6 Å². The number of fused-ring (bicyclic) bond motifs is 1. The Bertz CT molecular complexity index is 909. The van der Waals surface area contributed by atoms with Gasteiger partial charge in [-0.1, -0.05) is 13.0 Å². The molecule has 0 atom stereocenters. The van der Waals surface area contributed by atoms with E-state index >= 15 is 0 Å². The van der Waals surface area contributed by atoms with E-state index in [0.717, 1.165) is 18.5 Å². The number of carbonyl (C=O) groups excluding carboxylic acids is 1. The fourth-order valence-corrected chi connectivity index (χ4v) is 3.12. The zero-order valence-electron chi connectivity index (χ0n) is 14.0. The quantitative estimate of drug-likeness (QED) is 0.335. The van der Waals surface area contributed by atoms with E-state index in [1.807, 2.05) is 19.9 Å². The molecule has 3 N–H and O–H groups in total. The lowest BCUT2D eigenvalue weighted by Gasteiger charge is -2.09. The molecule has 0 saturated heterocycles. The fourth-order valence-electron chi connectivity index (χ4n) is 2.47. The van der Waals surface area contributed by atoms with Gasteiger partial charge in [-0.2, -0.15) is 0 Å². The summed E-state index contributed by atoms with van der Waals surface area (Å²) in [5, 5.41) is 0.696. The lowest BCUT2D eigenvalue weighted by molar-refractivity contribution is 0.103. The highest BCUT2D eigenvalue weighted by molar-refractivity contribution is 7.98. The van der Waals surface area contributed by atoms with Crippen LogP contribution in [-0.4, -0.2) is 22.3 Å². The van der Waals surface area contributed by atoms with E-state index < -0.39 is 5.82 Å². The maximum Gasteiger partial charge on any atom is 0.198 e. The number of rotatable bonds is 7. The van der Waals surface area contributed by atoms with Gasteiger partial charge >= 0.3 is 0 Å². The van der Waals surface area contributed by atoms with Gasteiger partial charge in [0.2, 0.25) is 0 Å². The van der Waals surface area contributed by atoms with Crippen molar-refractivity contribution in [3.8, 4) is 0 Å². The number of halogens is 1. The SMILES string of the molecule is CCCNSNc1cccc(C(=O)c2c[nH]c3ncc(C)cc23)c1F. The van der Waals surface area contributed by atoms with Crippen molar-refractivity contribution in [3.05, 3.63) is 59.2 Å². The van der Waals surface area contributed by atoms with Crippen LogP contribution in [0.5, 0.6) is 0 Å². The van der Waals surface area contributed by atoms with E-state index in [0.29, 0.717) is 16.6 Å². The highest BCUT2D eigenvalue weighted by atomic mass is 32.2. The van der Waals surface area contributed by atoms with Crippen molar-refractivity contribution >= 4 is 34.6 Å². The lowest BCUT2D eigenvalue weighted by Crippen LogP contribution is -2.10. The summed E-state index contributed by atoms with van der Waals surface area (Å²) < 4.78 is 20.7. The Labute approximate surface area is 149 Å². The number of nitrogens with one attached hydrogen (secondary N) is 3. The molecule has 0 bridgehead atoms. The van der Waals surface area contributed by atoms with E-state index in [4.69, 9.17) is 0 Å². The van der Waals surface area contributed by atoms with Crippen molar-refractivity contribution in [2.45, 2.75) is 20.3 Å². The summed E-state index contributed by atoms with van der Waals surface area (Å²) in [4.78, 5) is 20.1.